The van der Waals surface area contributed by atoms with E-state index >= 15 is 0 Å². The number of esters is 1. The molecule has 1 fully saturated rings. The number of hydrogen-bond donors (Lipinski definition) is 0. The molecular weight excluding hydrogens is 160 g/mol. The number of rotatable bonds is 2. The van der Waals surface area contributed by atoms with Crippen molar-refractivity contribution < 1.29 is 19.1 Å². The first-order chi connectivity index (χ1) is 5.63. The third-order valence-electron chi connectivity index (χ3n) is 1.82. The van der Waals surface area contributed by atoms with Crippen molar-refractivity contribution >= 4 is 11.8 Å². The summed E-state index contributed by atoms with van der Waals surface area (Å²) in [6, 6.07) is 0. The molecule has 0 amide bonds. The second kappa shape index (κ2) is 3.67. The van der Waals surface area contributed by atoms with Crippen LogP contribution < -0.4 is 0 Å². The maximum Gasteiger partial charge on any atom is 0.308 e. The number of ether oxygens (including phenoxy) is 2. The molecule has 2 atom stereocenters. The molecule has 0 unspecified atom stereocenters. The molecular formula is C8H12O4. The Labute approximate surface area is 70.8 Å². The Morgan fingerprint density at radius 1 is 1.75 bits per heavy atom. The Morgan fingerprint density at radius 2 is 2.42 bits per heavy atom. The van der Waals surface area contributed by atoms with Crippen LogP contribution in [0.2, 0.25) is 0 Å². The standard InChI is InChI=1S/C8H12O4/c1-5-3-6(9)7(12-5)4-8(10)11-2/h5,7H,3-4H2,1-2H3/t5-,7+/m0/s1. The summed E-state index contributed by atoms with van der Waals surface area (Å²) in [6.07, 6.45) is -0.193. The van der Waals surface area contributed by atoms with Gasteiger partial charge in [0.25, 0.3) is 0 Å². The third kappa shape index (κ3) is 2.04. The summed E-state index contributed by atoms with van der Waals surface area (Å²) in [4.78, 5) is 21.9. The van der Waals surface area contributed by atoms with Gasteiger partial charge >= 0.3 is 5.97 Å². The fourth-order valence-corrected chi connectivity index (χ4v) is 1.22. The van der Waals surface area contributed by atoms with E-state index in [0.29, 0.717) is 6.42 Å². The van der Waals surface area contributed by atoms with Gasteiger partial charge in [-0.25, -0.2) is 0 Å². The van der Waals surface area contributed by atoms with Crippen molar-refractivity contribution in [1.29, 1.82) is 0 Å². The van der Waals surface area contributed by atoms with Gasteiger partial charge in [0.1, 0.15) is 6.10 Å². The van der Waals surface area contributed by atoms with Crippen molar-refractivity contribution in [1.82, 2.24) is 0 Å². The Hall–Kier alpha value is -0.900. The molecule has 12 heavy (non-hydrogen) atoms. The zero-order valence-corrected chi connectivity index (χ0v) is 7.20. The van der Waals surface area contributed by atoms with Gasteiger partial charge in [0.2, 0.25) is 0 Å². The van der Waals surface area contributed by atoms with E-state index in [-0.39, 0.29) is 18.3 Å². The van der Waals surface area contributed by atoms with Crippen molar-refractivity contribution in [2.24, 2.45) is 0 Å². The highest BCUT2D eigenvalue weighted by molar-refractivity contribution is 5.89. The average molecular weight is 172 g/mol. The summed E-state index contributed by atoms with van der Waals surface area (Å²) in [6.45, 7) is 1.81. The summed E-state index contributed by atoms with van der Waals surface area (Å²) in [5.74, 6) is -0.407. The van der Waals surface area contributed by atoms with Crippen LogP contribution >= 0.6 is 0 Å². The minimum Gasteiger partial charge on any atom is -0.469 e. The van der Waals surface area contributed by atoms with Crippen LogP contribution in [0.15, 0.2) is 0 Å². The fourth-order valence-electron chi connectivity index (χ4n) is 1.22. The second-order valence-corrected chi connectivity index (χ2v) is 2.89. The molecule has 0 spiro atoms. The molecule has 1 rings (SSSR count). The van der Waals surface area contributed by atoms with Gasteiger partial charge in [-0.05, 0) is 6.92 Å². The average Bonchev–Trinajstić information content (AvgIpc) is 2.30. The van der Waals surface area contributed by atoms with E-state index in [0.717, 1.165) is 0 Å². The number of Topliss-reactive ketones (excluding diaryl/α,β-unsaturated/α-hetero) is 1. The number of hydrogen-bond acceptors (Lipinski definition) is 4. The van der Waals surface area contributed by atoms with Crippen molar-refractivity contribution in [3.63, 3.8) is 0 Å². The molecule has 4 heteroatoms. The van der Waals surface area contributed by atoms with Gasteiger partial charge in [0.05, 0.1) is 19.6 Å². The van der Waals surface area contributed by atoms with Gasteiger partial charge in [-0.3, -0.25) is 9.59 Å². The zero-order chi connectivity index (χ0) is 9.14. The van der Waals surface area contributed by atoms with Crippen molar-refractivity contribution in [3.8, 4) is 0 Å². The van der Waals surface area contributed by atoms with E-state index < -0.39 is 12.1 Å². The van der Waals surface area contributed by atoms with Gasteiger partial charge in [-0.2, -0.15) is 0 Å². The second-order valence-electron chi connectivity index (χ2n) is 2.89. The van der Waals surface area contributed by atoms with Crippen molar-refractivity contribution in [2.45, 2.75) is 32.0 Å². The maximum absolute atomic E-state index is 11.1. The number of methoxy groups -OCH3 is 1. The van der Waals surface area contributed by atoms with E-state index in [1.807, 2.05) is 6.92 Å². The Balaban J connectivity index is 2.43. The maximum atomic E-state index is 11.1. The molecule has 0 bridgehead atoms. The minimum atomic E-state index is -0.576. The normalized spacial score (nSPS) is 29.0. The summed E-state index contributed by atoms with van der Waals surface area (Å²) in [5, 5.41) is 0. The number of ketones is 1. The lowest BCUT2D eigenvalue weighted by atomic mass is 10.1. The van der Waals surface area contributed by atoms with Gasteiger partial charge in [0.15, 0.2) is 5.78 Å². The predicted octanol–water partition coefficient (Wildman–Crippen LogP) is 0.296. The molecule has 1 saturated heterocycles. The van der Waals surface area contributed by atoms with Gasteiger partial charge < -0.3 is 9.47 Å². The Bertz CT molecular complexity index is 199. The molecule has 0 radical (unpaired) electrons. The summed E-state index contributed by atoms with van der Waals surface area (Å²) < 4.78 is 9.62. The molecule has 0 aromatic heterocycles. The number of carbonyl (C=O) groups excluding carboxylic acids is 2. The molecule has 1 aliphatic rings. The van der Waals surface area contributed by atoms with Gasteiger partial charge in [-0.1, -0.05) is 0 Å². The van der Waals surface area contributed by atoms with Gasteiger partial charge in [-0.15, -0.1) is 0 Å². The highest BCUT2D eigenvalue weighted by Crippen LogP contribution is 2.18. The molecule has 0 N–H and O–H groups in total. The van der Waals surface area contributed by atoms with Gasteiger partial charge in [0, 0.05) is 6.42 Å². The predicted molar refractivity (Wildman–Crippen MR) is 40.6 cm³/mol. The third-order valence-corrected chi connectivity index (χ3v) is 1.82. The molecule has 0 aromatic carbocycles. The monoisotopic (exact) mass is 172 g/mol. The Morgan fingerprint density at radius 3 is 2.83 bits per heavy atom. The minimum absolute atomic E-state index is 0.00657. The zero-order valence-electron chi connectivity index (χ0n) is 7.20. The first kappa shape index (κ1) is 9.19. The molecule has 4 nitrogen and oxygen atoms in total. The highest BCUT2D eigenvalue weighted by atomic mass is 16.5. The number of carbonyl (C=O) groups is 2. The largest absolute Gasteiger partial charge is 0.469 e. The van der Waals surface area contributed by atoms with Crippen LogP contribution in [0.4, 0.5) is 0 Å². The molecule has 68 valence electrons. The van der Waals surface area contributed by atoms with E-state index in [9.17, 15) is 9.59 Å². The van der Waals surface area contributed by atoms with Crippen molar-refractivity contribution in [2.75, 3.05) is 7.11 Å². The van der Waals surface area contributed by atoms with E-state index in [1.54, 1.807) is 0 Å². The van der Waals surface area contributed by atoms with Crippen LogP contribution in [0.5, 0.6) is 0 Å². The van der Waals surface area contributed by atoms with Crippen LogP contribution in [0.25, 0.3) is 0 Å². The van der Waals surface area contributed by atoms with Crippen molar-refractivity contribution in [3.05, 3.63) is 0 Å². The van der Waals surface area contributed by atoms with E-state index in [1.165, 1.54) is 7.11 Å². The van der Waals surface area contributed by atoms with Crippen LogP contribution in [0.1, 0.15) is 19.8 Å². The smallest absolute Gasteiger partial charge is 0.308 e. The lowest BCUT2D eigenvalue weighted by Crippen LogP contribution is -2.20. The molecule has 0 aromatic rings. The summed E-state index contributed by atoms with van der Waals surface area (Å²) in [7, 11) is 1.30. The van der Waals surface area contributed by atoms with E-state index in [4.69, 9.17) is 4.74 Å². The van der Waals surface area contributed by atoms with E-state index in [2.05, 4.69) is 4.74 Å². The first-order valence-corrected chi connectivity index (χ1v) is 3.88. The fraction of sp³-hybridized carbons (Fsp3) is 0.750. The molecule has 0 aliphatic carbocycles. The molecule has 1 heterocycles. The molecule has 0 saturated carbocycles. The van der Waals surface area contributed by atoms with Crippen LogP contribution in [-0.4, -0.2) is 31.1 Å². The SMILES string of the molecule is COC(=O)C[C@H]1O[C@@H](C)CC1=O. The first-order valence-electron chi connectivity index (χ1n) is 3.88. The Kier molecular flexibility index (Phi) is 2.81. The topological polar surface area (TPSA) is 52.6 Å². The lowest BCUT2D eigenvalue weighted by Gasteiger charge is -2.06. The van der Waals surface area contributed by atoms with Crippen LogP contribution in [-0.2, 0) is 19.1 Å². The van der Waals surface area contributed by atoms with Crippen LogP contribution in [0.3, 0.4) is 0 Å². The summed E-state index contributed by atoms with van der Waals surface area (Å²) in [5.41, 5.74) is 0. The molecule has 1 aliphatic heterocycles. The highest BCUT2D eigenvalue weighted by Gasteiger charge is 2.32. The quantitative estimate of drug-likeness (QED) is 0.562. The summed E-state index contributed by atoms with van der Waals surface area (Å²) >= 11 is 0. The lowest BCUT2D eigenvalue weighted by molar-refractivity contribution is -0.145. The van der Waals surface area contributed by atoms with Crippen LogP contribution in [0, 0.1) is 0 Å².